The highest BCUT2D eigenvalue weighted by Gasteiger charge is 2.58. The Bertz CT molecular complexity index is 1420. The van der Waals surface area contributed by atoms with Gasteiger partial charge in [0.15, 0.2) is 5.76 Å². The maximum absolute atomic E-state index is 14.5. The Hall–Kier alpha value is -4.66. The van der Waals surface area contributed by atoms with Gasteiger partial charge >= 0.3 is 5.97 Å². The predicted octanol–water partition coefficient (Wildman–Crippen LogP) is 4.41. The number of nitrogens with zero attached hydrogens (tertiary/aromatic N) is 1. The number of carboxylic acids is 1. The Morgan fingerprint density at radius 2 is 1.76 bits per heavy atom. The Balaban J connectivity index is 1.68. The van der Waals surface area contributed by atoms with E-state index in [4.69, 9.17) is 15.2 Å². The molecule has 38 heavy (non-hydrogen) atoms. The molecule has 1 atom stereocenters. The van der Waals surface area contributed by atoms with E-state index in [-0.39, 0.29) is 11.8 Å². The van der Waals surface area contributed by atoms with Crippen LogP contribution in [0.2, 0.25) is 0 Å². The zero-order valence-corrected chi connectivity index (χ0v) is 20.3. The van der Waals surface area contributed by atoms with Gasteiger partial charge < -0.3 is 25.2 Å². The van der Waals surface area contributed by atoms with Crippen LogP contribution in [0.15, 0.2) is 96.4 Å². The highest BCUT2D eigenvalue weighted by Crippen LogP contribution is 2.46. The van der Waals surface area contributed by atoms with Crippen LogP contribution in [0, 0.1) is 5.82 Å². The molecule has 0 radical (unpaired) electrons. The molecule has 3 aliphatic rings. The third-order valence-corrected chi connectivity index (χ3v) is 6.79. The van der Waals surface area contributed by atoms with E-state index in [2.05, 4.69) is 0 Å². The van der Waals surface area contributed by atoms with Gasteiger partial charge in [0.2, 0.25) is 11.3 Å². The summed E-state index contributed by atoms with van der Waals surface area (Å²) in [5.74, 6) is -3.67. The molecule has 2 amide bonds. The molecule has 0 aromatic heterocycles. The Kier molecular flexibility index (Phi) is 6.59. The van der Waals surface area contributed by atoms with E-state index >= 15 is 0 Å². The zero-order chi connectivity index (χ0) is 26.9. The van der Waals surface area contributed by atoms with Crippen molar-refractivity contribution in [1.82, 2.24) is 4.90 Å². The summed E-state index contributed by atoms with van der Waals surface area (Å²) in [6.45, 7) is 0. The minimum atomic E-state index is -1.88. The topological polar surface area (TPSA) is 119 Å². The first-order valence-corrected chi connectivity index (χ1v) is 12.2. The van der Waals surface area contributed by atoms with Crippen LogP contribution in [0.5, 0.6) is 0 Å². The average Bonchev–Trinajstić information content (AvgIpc) is 3.77. The molecule has 9 heteroatoms. The lowest BCUT2D eigenvalue weighted by molar-refractivity contribution is -0.136. The number of aliphatic carboxylic acids is 1. The van der Waals surface area contributed by atoms with Crippen molar-refractivity contribution in [2.75, 3.05) is 0 Å². The molecule has 2 aromatic rings. The Morgan fingerprint density at radius 3 is 2.34 bits per heavy atom. The van der Waals surface area contributed by atoms with Gasteiger partial charge in [0.1, 0.15) is 18.3 Å². The number of hydrogen-bond donors (Lipinski definition) is 2. The van der Waals surface area contributed by atoms with Crippen LogP contribution in [0.4, 0.5) is 4.39 Å². The third-order valence-electron chi connectivity index (χ3n) is 6.79. The molecule has 1 heterocycles. The number of amides is 2. The molecule has 1 fully saturated rings. The van der Waals surface area contributed by atoms with Crippen LogP contribution in [0.3, 0.4) is 0 Å². The summed E-state index contributed by atoms with van der Waals surface area (Å²) in [5, 5.41) is 9.28. The Labute approximate surface area is 218 Å². The lowest BCUT2D eigenvalue weighted by Gasteiger charge is -2.44. The van der Waals surface area contributed by atoms with Gasteiger partial charge in [0.05, 0.1) is 0 Å². The normalized spacial score (nSPS) is 18.1. The minimum absolute atomic E-state index is 0.101. The van der Waals surface area contributed by atoms with Gasteiger partial charge in [-0.1, -0.05) is 48.6 Å². The van der Waals surface area contributed by atoms with Crippen molar-refractivity contribution >= 4 is 17.8 Å². The van der Waals surface area contributed by atoms with Crippen molar-refractivity contribution in [2.24, 2.45) is 5.73 Å². The monoisotopic (exact) mass is 516 g/mol. The second kappa shape index (κ2) is 10.0. The highest BCUT2D eigenvalue weighted by molar-refractivity contribution is 6.06. The number of nitrogens with two attached hydrogens (primary N) is 1. The SMILES string of the molecule is NC(=O)C(C1=CC=CCC1)(C1=COC(C(=O)O)=CO1)N(C(=O)c1ccccc1-c1ccc(F)cc1)C1CC1. The van der Waals surface area contributed by atoms with Gasteiger partial charge in [0.25, 0.3) is 11.8 Å². The fourth-order valence-corrected chi connectivity index (χ4v) is 4.90. The molecule has 1 aliphatic heterocycles. The third kappa shape index (κ3) is 4.36. The van der Waals surface area contributed by atoms with E-state index in [1.54, 1.807) is 48.6 Å². The van der Waals surface area contributed by atoms with E-state index < -0.39 is 34.9 Å². The van der Waals surface area contributed by atoms with Gasteiger partial charge in [-0.15, -0.1) is 0 Å². The predicted molar refractivity (Wildman–Crippen MR) is 135 cm³/mol. The molecule has 1 unspecified atom stereocenters. The van der Waals surface area contributed by atoms with Gasteiger partial charge in [-0.25, -0.2) is 9.18 Å². The molecule has 5 rings (SSSR count). The average molecular weight is 517 g/mol. The van der Waals surface area contributed by atoms with E-state index in [1.165, 1.54) is 17.0 Å². The minimum Gasteiger partial charge on any atom is -0.475 e. The molecular weight excluding hydrogens is 491 g/mol. The number of ether oxygens (including phenoxy) is 2. The largest absolute Gasteiger partial charge is 0.475 e. The van der Waals surface area contributed by atoms with Crippen LogP contribution >= 0.6 is 0 Å². The quantitative estimate of drug-likeness (QED) is 0.537. The van der Waals surface area contributed by atoms with Crippen molar-refractivity contribution in [3.8, 4) is 11.1 Å². The lowest BCUT2D eigenvalue weighted by Crippen LogP contribution is -2.63. The van der Waals surface area contributed by atoms with E-state index in [1.807, 2.05) is 6.08 Å². The first-order chi connectivity index (χ1) is 18.3. The van der Waals surface area contributed by atoms with Crippen molar-refractivity contribution in [2.45, 2.75) is 37.3 Å². The zero-order valence-electron chi connectivity index (χ0n) is 20.3. The number of carbonyl (C=O) groups excluding carboxylic acids is 2. The van der Waals surface area contributed by atoms with E-state index in [0.29, 0.717) is 47.9 Å². The van der Waals surface area contributed by atoms with Crippen LogP contribution in [0.1, 0.15) is 36.0 Å². The first-order valence-electron chi connectivity index (χ1n) is 12.2. The lowest BCUT2D eigenvalue weighted by atomic mass is 9.79. The standard InChI is InChI=1S/C29H25FN2O6/c30-20-12-10-18(11-13-20)22-8-4-5-9-23(22)26(33)32(21-14-15-21)29(28(31)36,19-6-2-1-3-7-19)25-17-37-24(16-38-25)27(34)35/h1-2,4-6,8-13,16-17,21H,3,7,14-15H2,(H2,31,36)(H,34,35). The van der Waals surface area contributed by atoms with Gasteiger partial charge in [-0.3, -0.25) is 9.59 Å². The number of benzene rings is 2. The van der Waals surface area contributed by atoms with Crippen molar-refractivity contribution in [3.63, 3.8) is 0 Å². The van der Waals surface area contributed by atoms with E-state index in [0.717, 1.165) is 12.5 Å². The van der Waals surface area contributed by atoms with Crippen molar-refractivity contribution in [3.05, 3.63) is 108 Å². The molecule has 1 saturated carbocycles. The smallest absolute Gasteiger partial charge is 0.375 e. The van der Waals surface area contributed by atoms with Gasteiger partial charge in [-0.2, -0.15) is 0 Å². The van der Waals surface area contributed by atoms with Crippen molar-refractivity contribution in [1.29, 1.82) is 0 Å². The number of primary amides is 1. The Morgan fingerprint density at radius 1 is 1.03 bits per heavy atom. The summed E-state index contributed by atoms with van der Waals surface area (Å²) in [7, 11) is 0. The number of rotatable bonds is 8. The molecule has 3 N–H and O–H groups in total. The van der Waals surface area contributed by atoms with Crippen LogP contribution in [0.25, 0.3) is 11.1 Å². The van der Waals surface area contributed by atoms with Crippen LogP contribution in [-0.4, -0.2) is 39.4 Å². The molecule has 2 aliphatic carbocycles. The maximum atomic E-state index is 14.5. The number of carbonyl (C=O) groups is 3. The molecular formula is C29H25FN2O6. The molecule has 8 nitrogen and oxygen atoms in total. The summed E-state index contributed by atoms with van der Waals surface area (Å²) >= 11 is 0. The number of hydrogen-bond acceptors (Lipinski definition) is 5. The second-order valence-electron chi connectivity index (χ2n) is 9.20. The van der Waals surface area contributed by atoms with Gasteiger partial charge in [0, 0.05) is 11.6 Å². The molecule has 0 bridgehead atoms. The summed E-state index contributed by atoms with van der Waals surface area (Å²) in [5.41, 5.74) is 6.25. The highest BCUT2D eigenvalue weighted by atomic mass is 19.1. The van der Waals surface area contributed by atoms with Crippen LogP contribution < -0.4 is 5.73 Å². The summed E-state index contributed by atoms with van der Waals surface area (Å²) in [4.78, 5) is 40.8. The summed E-state index contributed by atoms with van der Waals surface area (Å²) in [6.07, 6.45) is 9.62. The fraction of sp³-hybridized carbons (Fsp3) is 0.207. The van der Waals surface area contributed by atoms with E-state index in [9.17, 15) is 23.9 Å². The molecule has 0 spiro atoms. The van der Waals surface area contributed by atoms with Gasteiger partial charge in [-0.05, 0) is 60.6 Å². The summed E-state index contributed by atoms with van der Waals surface area (Å²) in [6, 6.07) is 12.3. The second-order valence-corrected chi connectivity index (χ2v) is 9.20. The fourth-order valence-electron chi connectivity index (χ4n) is 4.90. The number of allylic oxidation sites excluding steroid dienone is 3. The van der Waals surface area contributed by atoms with Crippen LogP contribution in [-0.2, 0) is 19.1 Å². The maximum Gasteiger partial charge on any atom is 0.375 e. The number of carboxylic acid groups (broad SMARTS) is 1. The molecule has 2 aromatic carbocycles. The number of halogens is 1. The van der Waals surface area contributed by atoms with Crippen molar-refractivity contribution < 1.29 is 33.4 Å². The first kappa shape index (κ1) is 25.0. The molecule has 0 saturated heterocycles. The molecule has 194 valence electrons. The summed E-state index contributed by atoms with van der Waals surface area (Å²) < 4.78 is 24.6.